The lowest BCUT2D eigenvalue weighted by Gasteiger charge is -2.27. The van der Waals surface area contributed by atoms with E-state index in [1.54, 1.807) is 30.5 Å². The summed E-state index contributed by atoms with van der Waals surface area (Å²) in [5, 5.41) is 10.9. The normalized spacial score (nSPS) is 15.2. The molecule has 4 aromatic rings. The Balaban J connectivity index is 1.41. The number of benzene rings is 1. The Morgan fingerprint density at radius 3 is 2.68 bits per heavy atom. The molecule has 0 saturated carbocycles. The van der Waals surface area contributed by atoms with E-state index >= 15 is 4.39 Å². The fourth-order valence-electron chi connectivity index (χ4n) is 4.43. The van der Waals surface area contributed by atoms with Gasteiger partial charge in [0.2, 0.25) is 5.89 Å². The largest absolute Gasteiger partial charge is 0.378 e. The molecule has 5 rings (SSSR count). The minimum Gasteiger partial charge on any atom is -0.378 e. The summed E-state index contributed by atoms with van der Waals surface area (Å²) in [6, 6.07) is 4.98. The molecule has 1 aliphatic rings. The minimum atomic E-state index is -0.489. The first-order valence-corrected chi connectivity index (χ1v) is 12.2. The lowest BCUT2D eigenvalue weighted by Crippen LogP contribution is -2.35. The number of nitrogens with zero attached hydrogens (tertiary/aromatic N) is 6. The van der Waals surface area contributed by atoms with Gasteiger partial charge >= 0.3 is 0 Å². The van der Waals surface area contributed by atoms with Crippen molar-refractivity contribution in [3.63, 3.8) is 0 Å². The van der Waals surface area contributed by atoms with Gasteiger partial charge in [-0.2, -0.15) is 10.1 Å². The van der Waals surface area contributed by atoms with Gasteiger partial charge in [0, 0.05) is 24.1 Å². The minimum absolute atomic E-state index is 0.0563. The number of hydrogen-bond donors (Lipinski definition) is 1. The number of carbonyl (C=O) groups is 1. The molecule has 1 aromatic carbocycles. The van der Waals surface area contributed by atoms with Crippen molar-refractivity contribution in [1.29, 1.82) is 0 Å². The van der Waals surface area contributed by atoms with E-state index in [-0.39, 0.29) is 11.2 Å². The number of carbonyl (C=O) groups excluding carboxylic acids is 1. The molecule has 0 aliphatic carbocycles. The van der Waals surface area contributed by atoms with Crippen LogP contribution in [-0.2, 0) is 10.2 Å². The summed E-state index contributed by atoms with van der Waals surface area (Å²) in [5.74, 6) is -0.575. The number of aromatic nitrogens is 5. The average molecular weight is 508 g/mol. The van der Waals surface area contributed by atoms with Crippen LogP contribution >= 0.6 is 0 Å². The third-order valence-corrected chi connectivity index (χ3v) is 6.54. The van der Waals surface area contributed by atoms with Gasteiger partial charge < -0.3 is 19.5 Å². The van der Waals surface area contributed by atoms with E-state index < -0.39 is 17.8 Å². The Morgan fingerprint density at radius 1 is 1.22 bits per heavy atom. The number of halogens is 1. The average Bonchev–Trinajstić information content (AvgIpc) is 3.54. The Hall–Kier alpha value is -3.86. The number of rotatable bonds is 5. The predicted molar refractivity (Wildman–Crippen MR) is 135 cm³/mol. The molecule has 1 saturated heterocycles. The summed E-state index contributed by atoms with van der Waals surface area (Å²) in [5.41, 5.74) is 3.26. The van der Waals surface area contributed by atoms with Crippen LogP contribution in [0.5, 0.6) is 0 Å². The maximum atomic E-state index is 15.7. The number of fused-ring (bicyclic) bond motifs is 1. The molecule has 10 nitrogen and oxygen atoms in total. The SMILES string of the molecule is Cc1c(C(C)NC(=O)c2noc(C(C)(C)C)n2)ccc(-c2ncnn3cc(N4CCOCC4)cc23)c1F. The van der Waals surface area contributed by atoms with Crippen LogP contribution in [0.4, 0.5) is 10.1 Å². The molecule has 0 radical (unpaired) electrons. The second-order valence-corrected chi connectivity index (χ2v) is 10.2. The van der Waals surface area contributed by atoms with E-state index in [0.29, 0.717) is 47.0 Å². The molecule has 11 heteroatoms. The van der Waals surface area contributed by atoms with Gasteiger partial charge in [-0.15, -0.1) is 0 Å². The molecule has 194 valence electrons. The molecule has 37 heavy (non-hydrogen) atoms. The number of hydrogen-bond acceptors (Lipinski definition) is 8. The molecule has 0 bridgehead atoms. The van der Waals surface area contributed by atoms with Crippen molar-refractivity contribution in [3.05, 3.63) is 59.4 Å². The summed E-state index contributed by atoms with van der Waals surface area (Å²) < 4.78 is 28.1. The number of morpholine rings is 1. The van der Waals surface area contributed by atoms with Crippen LogP contribution in [0.2, 0.25) is 0 Å². The van der Waals surface area contributed by atoms with Gasteiger partial charge in [0.25, 0.3) is 11.7 Å². The van der Waals surface area contributed by atoms with Crippen LogP contribution in [0, 0.1) is 12.7 Å². The summed E-state index contributed by atoms with van der Waals surface area (Å²) in [6.07, 6.45) is 3.35. The quantitative estimate of drug-likeness (QED) is 0.434. The van der Waals surface area contributed by atoms with Gasteiger partial charge in [0.1, 0.15) is 17.8 Å². The first-order chi connectivity index (χ1) is 17.6. The van der Waals surface area contributed by atoms with Crippen molar-refractivity contribution in [1.82, 2.24) is 30.1 Å². The lowest BCUT2D eigenvalue weighted by atomic mass is 9.97. The van der Waals surface area contributed by atoms with Crippen LogP contribution in [-0.4, -0.2) is 56.9 Å². The van der Waals surface area contributed by atoms with Crippen molar-refractivity contribution >= 4 is 17.1 Å². The highest BCUT2D eigenvalue weighted by atomic mass is 19.1. The second kappa shape index (κ2) is 9.55. The van der Waals surface area contributed by atoms with Crippen LogP contribution < -0.4 is 10.2 Å². The zero-order valence-corrected chi connectivity index (χ0v) is 21.6. The third kappa shape index (κ3) is 4.78. The summed E-state index contributed by atoms with van der Waals surface area (Å²) in [7, 11) is 0. The van der Waals surface area contributed by atoms with Gasteiger partial charge in [-0.05, 0) is 37.1 Å². The fourth-order valence-corrected chi connectivity index (χ4v) is 4.43. The molecule has 4 heterocycles. The van der Waals surface area contributed by atoms with E-state index in [1.165, 1.54) is 6.33 Å². The standard InChI is InChI=1S/C26H30FN7O3/c1-15-18(16(2)30-24(35)23-31-25(37-32-23)26(3,4)5)6-7-19(21(15)27)22-20-12-17(13-34(20)29-14-28-22)33-8-10-36-11-9-33/h6-7,12-14,16H,8-11H2,1-5H3,(H,30,35). The third-order valence-electron chi connectivity index (χ3n) is 6.54. The molecule has 1 amide bonds. The zero-order chi connectivity index (χ0) is 26.3. The number of nitrogens with one attached hydrogen (secondary N) is 1. The van der Waals surface area contributed by atoms with E-state index in [0.717, 1.165) is 18.8 Å². The van der Waals surface area contributed by atoms with Gasteiger partial charge in [-0.25, -0.2) is 13.9 Å². The van der Waals surface area contributed by atoms with Crippen LogP contribution in [0.3, 0.4) is 0 Å². The smallest absolute Gasteiger partial charge is 0.293 e. The van der Waals surface area contributed by atoms with Crippen LogP contribution in [0.25, 0.3) is 16.8 Å². The molecule has 0 spiro atoms. The first kappa shape index (κ1) is 24.8. The predicted octanol–water partition coefficient (Wildman–Crippen LogP) is 3.85. The maximum absolute atomic E-state index is 15.7. The van der Waals surface area contributed by atoms with E-state index in [4.69, 9.17) is 9.26 Å². The highest BCUT2D eigenvalue weighted by Gasteiger charge is 2.26. The Labute approximate surface area is 213 Å². The maximum Gasteiger partial charge on any atom is 0.293 e. The lowest BCUT2D eigenvalue weighted by molar-refractivity contribution is 0.0926. The van der Waals surface area contributed by atoms with Crippen LogP contribution in [0.1, 0.15) is 61.4 Å². The van der Waals surface area contributed by atoms with Gasteiger partial charge in [0.05, 0.1) is 36.7 Å². The second-order valence-electron chi connectivity index (χ2n) is 10.2. The molecule has 1 atom stereocenters. The van der Waals surface area contributed by atoms with Crippen molar-refractivity contribution < 1.29 is 18.4 Å². The van der Waals surface area contributed by atoms with E-state index in [9.17, 15) is 4.79 Å². The Kier molecular flexibility index (Phi) is 6.40. The molecule has 3 aromatic heterocycles. The summed E-state index contributed by atoms with van der Waals surface area (Å²) in [6.45, 7) is 12.1. The fraction of sp³-hybridized carbons (Fsp3) is 0.423. The zero-order valence-electron chi connectivity index (χ0n) is 21.6. The van der Waals surface area contributed by atoms with Gasteiger partial charge in [0.15, 0.2) is 0 Å². The van der Waals surface area contributed by atoms with Gasteiger partial charge in [-0.3, -0.25) is 4.79 Å². The van der Waals surface area contributed by atoms with Crippen molar-refractivity contribution in [2.75, 3.05) is 31.2 Å². The van der Waals surface area contributed by atoms with Gasteiger partial charge in [-0.1, -0.05) is 32.0 Å². The van der Waals surface area contributed by atoms with Crippen molar-refractivity contribution in [3.8, 4) is 11.3 Å². The number of amides is 1. The van der Waals surface area contributed by atoms with Crippen molar-refractivity contribution in [2.45, 2.75) is 46.1 Å². The van der Waals surface area contributed by atoms with E-state index in [1.807, 2.05) is 33.0 Å². The highest BCUT2D eigenvalue weighted by Crippen LogP contribution is 2.32. The highest BCUT2D eigenvalue weighted by molar-refractivity contribution is 5.90. The molecular formula is C26H30FN7O3. The Morgan fingerprint density at radius 2 is 1.97 bits per heavy atom. The first-order valence-electron chi connectivity index (χ1n) is 12.2. The molecule has 1 fully saturated rings. The number of ether oxygens (including phenoxy) is 1. The van der Waals surface area contributed by atoms with Crippen molar-refractivity contribution in [2.24, 2.45) is 0 Å². The monoisotopic (exact) mass is 507 g/mol. The topological polar surface area (TPSA) is 111 Å². The van der Waals surface area contributed by atoms with E-state index in [2.05, 4.69) is 30.4 Å². The molecule has 1 N–H and O–H groups in total. The Bertz CT molecular complexity index is 1450. The summed E-state index contributed by atoms with van der Waals surface area (Å²) >= 11 is 0. The molecule has 1 unspecified atom stereocenters. The summed E-state index contributed by atoms with van der Waals surface area (Å²) in [4.78, 5) is 23.5. The molecular weight excluding hydrogens is 477 g/mol. The number of anilines is 1. The molecule has 1 aliphatic heterocycles. The van der Waals surface area contributed by atoms with Crippen LogP contribution in [0.15, 0.2) is 35.2 Å².